The maximum atomic E-state index is 9.62. The van der Waals surface area contributed by atoms with Crippen molar-refractivity contribution in [1.29, 1.82) is 0 Å². The minimum Gasteiger partial charge on any atom is -0.393 e. The van der Waals surface area contributed by atoms with Gasteiger partial charge in [0.25, 0.3) is 0 Å². The highest BCUT2D eigenvalue weighted by atomic mass is 16.3. The fraction of sp³-hybridized carbons (Fsp3) is 0.333. The van der Waals surface area contributed by atoms with Gasteiger partial charge in [0.05, 0.1) is 22.8 Å². The van der Waals surface area contributed by atoms with Crippen LogP contribution in [-0.2, 0) is 6.54 Å². The third kappa shape index (κ3) is 2.68. The Morgan fingerprint density at radius 1 is 1.07 bits per heavy atom. The number of aliphatic hydroxyl groups excluding tert-OH is 1. The number of fused-ring (bicyclic) bond motifs is 3. The van der Waals surface area contributed by atoms with Crippen LogP contribution in [0.2, 0.25) is 0 Å². The number of anilines is 1. The molecule has 1 aliphatic carbocycles. The van der Waals surface area contributed by atoms with Crippen LogP contribution in [0.5, 0.6) is 0 Å². The topological polar surface area (TPSA) is 67.4 Å². The van der Waals surface area contributed by atoms with Crippen molar-refractivity contribution in [2.24, 2.45) is 0 Å². The van der Waals surface area contributed by atoms with Crippen LogP contribution in [0.25, 0.3) is 16.7 Å². The van der Waals surface area contributed by atoms with E-state index in [0.29, 0.717) is 0 Å². The molecule has 1 saturated carbocycles. The van der Waals surface area contributed by atoms with Crippen molar-refractivity contribution in [3.8, 4) is 0 Å². The predicted molar refractivity (Wildman–Crippen MR) is 106 cm³/mol. The molecule has 1 fully saturated rings. The van der Waals surface area contributed by atoms with Crippen LogP contribution in [0.4, 0.5) is 5.69 Å². The van der Waals surface area contributed by atoms with E-state index in [1.54, 1.807) is 0 Å². The summed E-state index contributed by atoms with van der Waals surface area (Å²) in [5, 5.41) is 21.9. The molecule has 0 unspecified atom stereocenters. The Morgan fingerprint density at radius 2 is 1.85 bits per heavy atom. The van der Waals surface area contributed by atoms with Crippen molar-refractivity contribution in [3.05, 3.63) is 59.5 Å². The summed E-state index contributed by atoms with van der Waals surface area (Å²) in [6.07, 6.45) is 1.37. The number of aliphatic hydroxyl groups is 1. The number of pyridine rings is 1. The van der Waals surface area contributed by atoms with Crippen LogP contribution in [0.3, 0.4) is 0 Å². The molecule has 0 atom stereocenters. The number of hydrogen-bond donors (Lipinski definition) is 2. The quantitative estimate of drug-likeness (QED) is 0.585. The van der Waals surface area contributed by atoms with Gasteiger partial charge in [-0.1, -0.05) is 30.3 Å². The predicted octanol–water partition coefficient (Wildman–Crippen LogP) is 3.28. The molecule has 6 heteroatoms. The first kappa shape index (κ1) is 16.3. The molecular weight excluding hydrogens is 338 g/mol. The summed E-state index contributed by atoms with van der Waals surface area (Å²) < 4.78 is 4.46. The average molecular weight is 361 g/mol. The van der Waals surface area contributed by atoms with Crippen LogP contribution in [-0.4, -0.2) is 36.4 Å². The lowest BCUT2D eigenvalue weighted by Gasteiger charge is -2.32. The van der Waals surface area contributed by atoms with E-state index in [1.807, 2.05) is 13.0 Å². The van der Waals surface area contributed by atoms with E-state index in [2.05, 4.69) is 67.8 Å². The number of nitrogens with one attached hydrogen (secondary N) is 1. The summed E-state index contributed by atoms with van der Waals surface area (Å²) in [5.41, 5.74) is 6.59. The third-order valence-electron chi connectivity index (χ3n) is 5.57. The summed E-state index contributed by atoms with van der Waals surface area (Å²) in [6.45, 7) is 4.95. The molecule has 5 rings (SSSR count). The number of nitrogens with zero attached hydrogens (tertiary/aromatic N) is 4. The van der Waals surface area contributed by atoms with Gasteiger partial charge in [-0.2, -0.15) is 0 Å². The number of rotatable bonds is 4. The van der Waals surface area contributed by atoms with Gasteiger partial charge < -0.3 is 15.0 Å². The molecule has 4 aromatic rings. The first-order chi connectivity index (χ1) is 13.1. The number of aryl methyl sites for hydroxylation is 2. The second kappa shape index (κ2) is 6.09. The molecular formula is C21H23N5O. The van der Waals surface area contributed by atoms with E-state index in [-0.39, 0.29) is 12.1 Å². The summed E-state index contributed by atoms with van der Waals surface area (Å²) >= 11 is 0. The Labute approximate surface area is 157 Å². The second-order valence-electron chi connectivity index (χ2n) is 7.56. The molecule has 1 aromatic carbocycles. The summed E-state index contributed by atoms with van der Waals surface area (Å²) in [7, 11) is 0. The Balaban J connectivity index is 1.66. The molecule has 0 amide bonds. The molecule has 0 spiro atoms. The Kier molecular flexibility index (Phi) is 3.68. The second-order valence-corrected chi connectivity index (χ2v) is 7.56. The highest BCUT2D eigenvalue weighted by molar-refractivity contribution is 5.88. The van der Waals surface area contributed by atoms with Gasteiger partial charge in [0.15, 0.2) is 5.65 Å². The monoisotopic (exact) mass is 361 g/mol. The zero-order chi connectivity index (χ0) is 18.5. The highest BCUT2D eigenvalue weighted by Crippen LogP contribution is 2.31. The largest absolute Gasteiger partial charge is 0.393 e. The van der Waals surface area contributed by atoms with Crippen molar-refractivity contribution >= 4 is 22.4 Å². The summed E-state index contributed by atoms with van der Waals surface area (Å²) in [4.78, 5) is 0. The first-order valence-corrected chi connectivity index (χ1v) is 9.43. The lowest BCUT2D eigenvalue weighted by Crippen LogP contribution is -2.39. The van der Waals surface area contributed by atoms with E-state index >= 15 is 0 Å². The zero-order valence-corrected chi connectivity index (χ0v) is 15.6. The van der Waals surface area contributed by atoms with Gasteiger partial charge in [-0.15, -0.1) is 10.2 Å². The van der Waals surface area contributed by atoms with E-state index in [9.17, 15) is 5.11 Å². The van der Waals surface area contributed by atoms with E-state index in [4.69, 9.17) is 0 Å². The van der Waals surface area contributed by atoms with Gasteiger partial charge in [-0.05, 0) is 44.4 Å². The minimum absolute atomic E-state index is 0.189. The maximum Gasteiger partial charge on any atom is 0.184 e. The van der Waals surface area contributed by atoms with Gasteiger partial charge in [0, 0.05) is 18.3 Å². The molecule has 3 aromatic heterocycles. The lowest BCUT2D eigenvalue weighted by molar-refractivity contribution is 0.0837. The fourth-order valence-corrected chi connectivity index (χ4v) is 4.04. The average Bonchev–Trinajstić information content (AvgIpc) is 3.16. The molecule has 1 aliphatic rings. The Bertz CT molecular complexity index is 1120. The fourth-order valence-electron chi connectivity index (χ4n) is 4.04. The van der Waals surface area contributed by atoms with Gasteiger partial charge in [0.1, 0.15) is 5.82 Å². The maximum absolute atomic E-state index is 9.62. The molecule has 27 heavy (non-hydrogen) atoms. The minimum atomic E-state index is -0.189. The Hall–Kier alpha value is -2.86. The van der Waals surface area contributed by atoms with Crippen molar-refractivity contribution in [1.82, 2.24) is 19.2 Å². The highest BCUT2D eigenvalue weighted by Gasteiger charge is 2.28. The molecule has 0 saturated heterocycles. The van der Waals surface area contributed by atoms with E-state index < -0.39 is 0 Å². The summed E-state index contributed by atoms with van der Waals surface area (Å²) in [6, 6.07) is 15.2. The molecule has 138 valence electrons. The zero-order valence-electron chi connectivity index (χ0n) is 15.6. The van der Waals surface area contributed by atoms with Crippen molar-refractivity contribution in [2.75, 3.05) is 5.32 Å². The van der Waals surface area contributed by atoms with Crippen LogP contribution >= 0.6 is 0 Å². The van der Waals surface area contributed by atoms with E-state index in [0.717, 1.165) is 47.6 Å². The van der Waals surface area contributed by atoms with Gasteiger partial charge >= 0.3 is 0 Å². The standard InChI is InChI=1S/C21H23N5O/c1-13-8-20-19(25(13)12-15-6-4-3-5-7-15)11-18(22-16-9-17(27)10-16)21-24-23-14(2)26(20)21/h3-8,11,16-17,22,27H,9-10,12H2,1-2H3. The van der Waals surface area contributed by atoms with E-state index in [1.165, 1.54) is 11.3 Å². The normalized spacial score (nSPS) is 19.5. The number of benzene rings is 1. The molecule has 0 aliphatic heterocycles. The van der Waals surface area contributed by atoms with Crippen molar-refractivity contribution in [3.63, 3.8) is 0 Å². The SMILES string of the molecule is Cc1cc2c(cc(NC3CC(O)C3)c3nnc(C)n32)n1Cc1ccccc1. The van der Waals surface area contributed by atoms with Crippen molar-refractivity contribution in [2.45, 2.75) is 45.4 Å². The molecule has 3 heterocycles. The van der Waals surface area contributed by atoms with Crippen molar-refractivity contribution < 1.29 is 5.11 Å². The van der Waals surface area contributed by atoms with Gasteiger partial charge in [0.2, 0.25) is 0 Å². The Morgan fingerprint density at radius 3 is 2.59 bits per heavy atom. The molecule has 6 nitrogen and oxygen atoms in total. The lowest BCUT2D eigenvalue weighted by atomic mass is 9.89. The first-order valence-electron chi connectivity index (χ1n) is 9.43. The number of hydrogen-bond acceptors (Lipinski definition) is 4. The van der Waals surface area contributed by atoms with Crippen LogP contribution in [0.1, 0.15) is 29.9 Å². The van der Waals surface area contributed by atoms with Gasteiger partial charge in [-0.3, -0.25) is 4.40 Å². The van der Waals surface area contributed by atoms with Gasteiger partial charge in [-0.25, -0.2) is 0 Å². The van der Waals surface area contributed by atoms with Crippen LogP contribution in [0.15, 0.2) is 42.5 Å². The smallest absolute Gasteiger partial charge is 0.184 e. The third-order valence-corrected chi connectivity index (χ3v) is 5.57. The summed E-state index contributed by atoms with van der Waals surface area (Å²) in [5.74, 6) is 0.879. The van der Waals surface area contributed by atoms with Crippen LogP contribution in [0, 0.1) is 13.8 Å². The van der Waals surface area contributed by atoms with Crippen LogP contribution < -0.4 is 5.32 Å². The molecule has 0 radical (unpaired) electrons. The molecule has 2 N–H and O–H groups in total. The molecule has 0 bridgehead atoms. The number of aromatic nitrogens is 4.